The van der Waals surface area contributed by atoms with Crippen molar-refractivity contribution in [3.63, 3.8) is 0 Å². The highest BCUT2D eigenvalue weighted by molar-refractivity contribution is 9.10. The van der Waals surface area contributed by atoms with E-state index in [1.54, 1.807) is 26.0 Å². The molecule has 0 saturated carbocycles. The second-order valence-electron chi connectivity index (χ2n) is 4.92. The molecule has 1 aromatic carbocycles. The maximum absolute atomic E-state index is 13.8. The molecule has 114 valence electrons. The average Bonchev–Trinajstić information content (AvgIpc) is 2.86. The normalized spacial score (nSPS) is 12.0. The molecule has 2 aromatic rings. The number of benzene rings is 1. The van der Waals surface area contributed by atoms with E-state index in [1.807, 2.05) is 6.07 Å². The lowest BCUT2D eigenvalue weighted by molar-refractivity contribution is 0.0316. The van der Waals surface area contributed by atoms with Gasteiger partial charge in [-0.2, -0.15) is 10.4 Å². The fourth-order valence-corrected chi connectivity index (χ4v) is 2.17. The van der Waals surface area contributed by atoms with Crippen molar-refractivity contribution in [3.8, 4) is 11.8 Å². The zero-order valence-corrected chi connectivity index (χ0v) is 13.5. The van der Waals surface area contributed by atoms with Crippen LogP contribution in [0, 0.1) is 23.1 Å². The zero-order valence-electron chi connectivity index (χ0n) is 12.0. The molecule has 0 aliphatic carbocycles. The van der Waals surface area contributed by atoms with Crippen LogP contribution >= 0.6 is 15.9 Å². The van der Waals surface area contributed by atoms with Crippen molar-refractivity contribution in [1.82, 2.24) is 9.78 Å². The Morgan fingerprint density at radius 1 is 1.45 bits per heavy atom. The molecule has 1 atom stereocenters. The topological polar surface area (TPSA) is 67.9 Å². The highest BCUT2D eigenvalue weighted by atomic mass is 79.9. The Balaban J connectivity index is 2.29. The summed E-state index contributed by atoms with van der Waals surface area (Å²) in [6.45, 7) is 3.54. The predicted molar refractivity (Wildman–Crippen MR) is 80.9 cm³/mol. The van der Waals surface area contributed by atoms with Crippen molar-refractivity contribution in [2.24, 2.45) is 5.92 Å². The van der Waals surface area contributed by atoms with Gasteiger partial charge in [-0.3, -0.25) is 0 Å². The summed E-state index contributed by atoms with van der Waals surface area (Å²) in [6, 6.07) is 7.98. The minimum absolute atomic E-state index is 0.0100. The number of rotatable bonds is 4. The van der Waals surface area contributed by atoms with Gasteiger partial charge in [0.1, 0.15) is 17.6 Å². The van der Waals surface area contributed by atoms with Crippen molar-refractivity contribution in [3.05, 3.63) is 46.4 Å². The van der Waals surface area contributed by atoms with Gasteiger partial charge in [0, 0.05) is 12.1 Å². The lowest BCUT2D eigenvalue weighted by Crippen LogP contribution is -2.22. The Bertz CT molecular complexity index is 737. The first-order chi connectivity index (χ1) is 10.4. The molecule has 0 bridgehead atoms. The number of aromatic nitrogens is 2. The fraction of sp³-hybridized carbons (Fsp3) is 0.267. The van der Waals surface area contributed by atoms with Crippen LogP contribution in [-0.4, -0.2) is 21.9 Å². The first-order valence-electron chi connectivity index (χ1n) is 6.54. The molecule has 0 aliphatic heterocycles. The largest absolute Gasteiger partial charge is 0.442 e. The molecule has 1 aromatic heterocycles. The Kier molecular flexibility index (Phi) is 4.93. The van der Waals surface area contributed by atoms with Crippen LogP contribution in [0.3, 0.4) is 0 Å². The zero-order chi connectivity index (χ0) is 16.3. The number of nitriles is 1. The van der Waals surface area contributed by atoms with E-state index in [4.69, 9.17) is 10.00 Å². The summed E-state index contributed by atoms with van der Waals surface area (Å²) >= 11 is 3.20. The third kappa shape index (κ3) is 3.34. The molecule has 0 aliphatic rings. The molecule has 5 nitrogen and oxygen atoms in total. The van der Waals surface area contributed by atoms with Crippen LogP contribution < -0.4 is 0 Å². The van der Waals surface area contributed by atoms with E-state index in [0.29, 0.717) is 4.47 Å². The molecular formula is C15H13BrFN3O2. The van der Waals surface area contributed by atoms with Gasteiger partial charge in [-0.1, -0.05) is 26.0 Å². The Morgan fingerprint density at radius 2 is 2.14 bits per heavy atom. The summed E-state index contributed by atoms with van der Waals surface area (Å²) in [6.07, 6.45) is 0.601. The van der Waals surface area contributed by atoms with E-state index in [2.05, 4.69) is 21.0 Å². The van der Waals surface area contributed by atoms with Crippen LogP contribution in [-0.2, 0) is 4.74 Å². The number of carbonyl (C=O) groups excluding carboxylic acids is 1. The second kappa shape index (κ2) is 6.71. The SMILES string of the molecule is CC(C)C(C#N)OC(=O)c1nn(-c2ccccc2F)cc1Br. The molecule has 0 radical (unpaired) electrons. The van der Waals surface area contributed by atoms with Gasteiger partial charge >= 0.3 is 5.97 Å². The number of hydrogen-bond donors (Lipinski definition) is 0. The summed E-state index contributed by atoms with van der Waals surface area (Å²) in [5.74, 6) is -1.34. The molecular weight excluding hydrogens is 353 g/mol. The second-order valence-corrected chi connectivity index (χ2v) is 5.77. The van der Waals surface area contributed by atoms with Gasteiger partial charge in [0.15, 0.2) is 11.8 Å². The third-order valence-electron chi connectivity index (χ3n) is 2.93. The number of hydrogen-bond acceptors (Lipinski definition) is 4. The number of esters is 1. The van der Waals surface area contributed by atoms with Crippen LogP contribution in [0.5, 0.6) is 0 Å². The minimum atomic E-state index is -0.863. The van der Waals surface area contributed by atoms with Gasteiger partial charge in [0.25, 0.3) is 0 Å². The summed E-state index contributed by atoms with van der Waals surface area (Å²) in [4.78, 5) is 12.1. The molecule has 0 saturated heterocycles. The van der Waals surface area contributed by atoms with E-state index in [1.165, 1.54) is 23.0 Å². The first-order valence-corrected chi connectivity index (χ1v) is 7.34. The van der Waals surface area contributed by atoms with Crippen LogP contribution in [0.4, 0.5) is 4.39 Å². The van der Waals surface area contributed by atoms with Crippen molar-refractivity contribution < 1.29 is 13.9 Å². The van der Waals surface area contributed by atoms with Gasteiger partial charge in [-0.25, -0.2) is 13.9 Å². The molecule has 22 heavy (non-hydrogen) atoms. The van der Waals surface area contributed by atoms with Gasteiger partial charge in [0.2, 0.25) is 0 Å². The molecule has 1 heterocycles. The van der Waals surface area contributed by atoms with Crippen molar-refractivity contribution in [2.45, 2.75) is 20.0 Å². The first kappa shape index (κ1) is 16.2. The molecule has 0 spiro atoms. The number of halogens is 2. The third-order valence-corrected chi connectivity index (χ3v) is 3.51. The maximum atomic E-state index is 13.8. The fourth-order valence-electron chi connectivity index (χ4n) is 1.73. The minimum Gasteiger partial charge on any atom is -0.442 e. The smallest absolute Gasteiger partial charge is 0.361 e. The molecule has 2 rings (SSSR count). The lowest BCUT2D eigenvalue weighted by atomic mass is 10.1. The monoisotopic (exact) mass is 365 g/mol. The molecule has 0 fully saturated rings. The van der Waals surface area contributed by atoms with Crippen LogP contribution in [0.25, 0.3) is 5.69 Å². The van der Waals surface area contributed by atoms with E-state index in [0.717, 1.165) is 0 Å². The summed E-state index contributed by atoms with van der Waals surface area (Å²) in [5.41, 5.74) is 0.201. The average molecular weight is 366 g/mol. The van der Waals surface area contributed by atoms with Crippen molar-refractivity contribution >= 4 is 21.9 Å². The number of para-hydroxylation sites is 1. The van der Waals surface area contributed by atoms with Crippen LogP contribution in [0.1, 0.15) is 24.3 Å². The maximum Gasteiger partial charge on any atom is 0.361 e. The molecule has 0 amide bonds. The van der Waals surface area contributed by atoms with Gasteiger partial charge in [-0.15, -0.1) is 0 Å². The van der Waals surface area contributed by atoms with Gasteiger partial charge in [-0.05, 0) is 28.1 Å². The van der Waals surface area contributed by atoms with Crippen LogP contribution in [0.2, 0.25) is 0 Å². The molecule has 1 unspecified atom stereocenters. The Labute approximate surface area is 135 Å². The highest BCUT2D eigenvalue weighted by Gasteiger charge is 2.23. The van der Waals surface area contributed by atoms with Crippen molar-refractivity contribution in [1.29, 1.82) is 5.26 Å². The predicted octanol–water partition coefficient (Wildman–Crippen LogP) is 3.48. The number of nitrogens with zero attached hydrogens (tertiary/aromatic N) is 3. The number of ether oxygens (including phenoxy) is 1. The summed E-state index contributed by atoms with van der Waals surface area (Å²) in [5, 5.41) is 13.0. The standard InChI is InChI=1S/C15H13BrFN3O2/c1-9(2)13(7-18)22-15(21)14-10(16)8-20(19-14)12-6-4-3-5-11(12)17/h3-6,8-9,13H,1-2H3. The molecule has 0 N–H and O–H groups in total. The van der Waals surface area contributed by atoms with Crippen molar-refractivity contribution in [2.75, 3.05) is 0 Å². The summed E-state index contributed by atoms with van der Waals surface area (Å²) < 4.78 is 20.5. The van der Waals surface area contributed by atoms with Crippen LogP contribution in [0.15, 0.2) is 34.9 Å². The summed E-state index contributed by atoms with van der Waals surface area (Å²) in [7, 11) is 0. The van der Waals surface area contributed by atoms with E-state index >= 15 is 0 Å². The number of carbonyl (C=O) groups is 1. The molecule has 7 heteroatoms. The Morgan fingerprint density at radius 3 is 2.73 bits per heavy atom. The lowest BCUT2D eigenvalue weighted by Gasteiger charge is -2.13. The highest BCUT2D eigenvalue weighted by Crippen LogP contribution is 2.21. The van der Waals surface area contributed by atoms with E-state index in [9.17, 15) is 9.18 Å². The van der Waals surface area contributed by atoms with E-state index < -0.39 is 17.9 Å². The van der Waals surface area contributed by atoms with E-state index in [-0.39, 0.29) is 17.3 Å². The quantitative estimate of drug-likeness (QED) is 0.777. The van der Waals surface area contributed by atoms with Gasteiger partial charge in [0.05, 0.1) is 4.47 Å². The van der Waals surface area contributed by atoms with Gasteiger partial charge < -0.3 is 4.74 Å². The Hall–Kier alpha value is -2.20.